The molecule has 2 aromatic rings. The SMILES string of the molecule is Cc1cccc([C@@H]2[C@H](C)CCN2C(=O)Cn2nc(C3CC3)cc2C(F)(F)F)c1. The minimum atomic E-state index is -4.52. The lowest BCUT2D eigenvalue weighted by atomic mass is 9.94. The zero-order chi connectivity index (χ0) is 20.1. The van der Waals surface area contributed by atoms with Crippen LogP contribution in [0.1, 0.15) is 60.7 Å². The van der Waals surface area contributed by atoms with Gasteiger partial charge in [-0.05, 0) is 43.7 Å². The molecule has 1 saturated carbocycles. The van der Waals surface area contributed by atoms with Gasteiger partial charge in [-0.15, -0.1) is 0 Å². The van der Waals surface area contributed by atoms with Crippen LogP contribution in [0, 0.1) is 12.8 Å². The van der Waals surface area contributed by atoms with Gasteiger partial charge in [0.15, 0.2) is 0 Å². The summed E-state index contributed by atoms with van der Waals surface area (Å²) >= 11 is 0. The summed E-state index contributed by atoms with van der Waals surface area (Å²) in [6.45, 7) is 4.25. The van der Waals surface area contributed by atoms with Crippen molar-refractivity contribution in [3.05, 3.63) is 52.8 Å². The van der Waals surface area contributed by atoms with Crippen molar-refractivity contribution in [2.75, 3.05) is 6.54 Å². The Kier molecular flexibility index (Phi) is 4.71. The van der Waals surface area contributed by atoms with Crippen molar-refractivity contribution in [1.82, 2.24) is 14.7 Å². The third-order valence-electron chi connectivity index (χ3n) is 5.77. The number of benzene rings is 1. The summed E-state index contributed by atoms with van der Waals surface area (Å²) in [6.07, 6.45) is -1.96. The highest BCUT2D eigenvalue weighted by atomic mass is 19.4. The van der Waals surface area contributed by atoms with Crippen LogP contribution in [-0.2, 0) is 17.5 Å². The normalized spacial score (nSPS) is 22.7. The molecule has 2 aliphatic rings. The molecule has 2 fully saturated rings. The molecule has 1 aliphatic carbocycles. The fourth-order valence-electron chi connectivity index (χ4n) is 4.17. The summed E-state index contributed by atoms with van der Waals surface area (Å²) in [7, 11) is 0. The molecule has 0 bridgehead atoms. The molecule has 1 aliphatic heterocycles. The Morgan fingerprint density at radius 3 is 2.61 bits per heavy atom. The Hall–Kier alpha value is -2.31. The number of aromatic nitrogens is 2. The van der Waals surface area contributed by atoms with Crippen LogP contribution in [0.4, 0.5) is 13.2 Å². The van der Waals surface area contributed by atoms with Gasteiger partial charge < -0.3 is 4.90 Å². The fourth-order valence-corrected chi connectivity index (χ4v) is 4.17. The first-order valence-electron chi connectivity index (χ1n) is 9.75. The Bertz CT molecular complexity index is 885. The molecule has 28 heavy (non-hydrogen) atoms. The standard InChI is InChI=1S/C21H24F3N3O/c1-13-4-3-5-16(10-13)20-14(2)8-9-26(20)19(28)12-27-18(21(22,23)24)11-17(25-27)15-6-7-15/h3-5,10-11,14-15,20H,6-9,12H2,1-2H3/t14-,20+/m1/s1. The van der Waals surface area contributed by atoms with Crippen molar-refractivity contribution in [3.8, 4) is 0 Å². The van der Waals surface area contributed by atoms with E-state index in [9.17, 15) is 18.0 Å². The maximum absolute atomic E-state index is 13.4. The number of nitrogens with zero attached hydrogens (tertiary/aromatic N) is 3. The molecule has 1 amide bonds. The predicted octanol–water partition coefficient (Wildman–Crippen LogP) is 4.70. The molecule has 0 radical (unpaired) electrons. The maximum Gasteiger partial charge on any atom is 0.433 e. The van der Waals surface area contributed by atoms with Crippen LogP contribution in [-0.4, -0.2) is 27.1 Å². The lowest BCUT2D eigenvalue weighted by Crippen LogP contribution is -2.35. The van der Waals surface area contributed by atoms with Crippen LogP contribution in [0.5, 0.6) is 0 Å². The predicted molar refractivity (Wildman–Crippen MR) is 98.6 cm³/mol. The second-order valence-corrected chi connectivity index (χ2v) is 8.10. The highest BCUT2D eigenvalue weighted by Gasteiger charge is 2.40. The highest BCUT2D eigenvalue weighted by Crippen LogP contribution is 2.42. The Morgan fingerprint density at radius 2 is 1.96 bits per heavy atom. The van der Waals surface area contributed by atoms with Gasteiger partial charge >= 0.3 is 6.18 Å². The fraction of sp³-hybridized carbons (Fsp3) is 0.524. The van der Waals surface area contributed by atoms with E-state index in [0.717, 1.165) is 41.1 Å². The lowest BCUT2D eigenvalue weighted by Gasteiger charge is -2.28. The van der Waals surface area contributed by atoms with E-state index in [1.165, 1.54) is 0 Å². The number of hydrogen-bond donors (Lipinski definition) is 0. The summed E-state index contributed by atoms with van der Waals surface area (Å²) < 4.78 is 41.2. The van der Waals surface area contributed by atoms with Crippen molar-refractivity contribution in [2.24, 2.45) is 5.92 Å². The summed E-state index contributed by atoms with van der Waals surface area (Å²) in [4.78, 5) is 14.7. The number of carbonyl (C=O) groups excluding carboxylic acids is 1. The van der Waals surface area contributed by atoms with Gasteiger partial charge in [0.05, 0.1) is 11.7 Å². The van der Waals surface area contributed by atoms with E-state index in [1.807, 2.05) is 31.2 Å². The molecule has 1 saturated heterocycles. The van der Waals surface area contributed by atoms with Crippen molar-refractivity contribution < 1.29 is 18.0 Å². The Morgan fingerprint density at radius 1 is 1.21 bits per heavy atom. The number of carbonyl (C=O) groups is 1. The third-order valence-corrected chi connectivity index (χ3v) is 5.77. The summed E-state index contributed by atoms with van der Waals surface area (Å²) in [5.74, 6) is 0.0450. The first-order valence-corrected chi connectivity index (χ1v) is 9.75. The van der Waals surface area contributed by atoms with Crippen LogP contribution < -0.4 is 0 Å². The minimum absolute atomic E-state index is 0.101. The summed E-state index contributed by atoms with van der Waals surface area (Å²) in [5, 5.41) is 4.13. The van der Waals surface area contributed by atoms with Crippen molar-refractivity contribution >= 4 is 5.91 Å². The monoisotopic (exact) mass is 391 g/mol. The molecule has 1 aromatic heterocycles. The molecule has 2 atom stereocenters. The van der Waals surface area contributed by atoms with Crippen molar-refractivity contribution in [2.45, 2.75) is 57.8 Å². The number of halogens is 3. The Balaban J connectivity index is 1.59. The first-order chi connectivity index (χ1) is 13.2. The number of rotatable bonds is 4. The molecule has 0 unspecified atom stereocenters. The topological polar surface area (TPSA) is 38.1 Å². The quantitative estimate of drug-likeness (QED) is 0.758. The van der Waals surface area contributed by atoms with Crippen LogP contribution in [0.15, 0.2) is 30.3 Å². The third kappa shape index (κ3) is 3.66. The van der Waals surface area contributed by atoms with Crippen LogP contribution in [0.2, 0.25) is 0 Å². The van der Waals surface area contributed by atoms with Gasteiger partial charge in [0.1, 0.15) is 12.2 Å². The number of alkyl halides is 3. The van der Waals surface area contributed by atoms with E-state index in [-0.39, 0.29) is 30.3 Å². The first kappa shape index (κ1) is 19.0. The van der Waals surface area contributed by atoms with Gasteiger partial charge in [-0.25, -0.2) is 0 Å². The van der Waals surface area contributed by atoms with E-state index < -0.39 is 11.9 Å². The number of likely N-dealkylation sites (tertiary alicyclic amines) is 1. The molecule has 1 aromatic carbocycles. The van der Waals surface area contributed by atoms with E-state index in [0.29, 0.717) is 12.2 Å². The lowest BCUT2D eigenvalue weighted by molar-refractivity contribution is -0.146. The van der Waals surface area contributed by atoms with E-state index >= 15 is 0 Å². The van der Waals surface area contributed by atoms with Gasteiger partial charge in [-0.3, -0.25) is 9.48 Å². The second-order valence-electron chi connectivity index (χ2n) is 8.10. The van der Waals surface area contributed by atoms with Gasteiger partial charge in [0.25, 0.3) is 0 Å². The molecular weight excluding hydrogens is 367 g/mol. The van der Waals surface area contributed by atoms with Gasteiger partial charge in [0, 0.05) is 12.5 Å². The molecular formula is C21H24F3N3O. The summed E-state index contributed by atoms with van der Waals surface area (Å²) in [6, 6.07) is 8.98. The van der Waals surface area contributed by atoms with Gasteiger partial charge in [0.2, 0.25) is 5.91 Å². The molecule has 4 rings (SSSR count). The average molecular weight is 391 g/mol. The smallest absolute Gasteiger partial charge is 0.334 e. The molecule has 150 valence electrons. The van der Waals surface area contributed by atoms with Gasteiger partial charge in [-0.1, -0.05) is 36.8 Å². The second kappa shape index (κ2) is 6.94. The van der Waals surface area contributed by atoms with Crippen LogP contribution in [0.25, 0.3) is 0 Å². The van der Waals surface area contributed by atoms with E-state index in [2.05, 4.69) is 12.0 Å². The van der Waals surface area contributed by atoms with E-state index in [1.54, 1.807) is 4.90 Å². The number of amides is 1. The van der Waals surface area contributed by atoms with Crippen LogP contribution >= 0.6 is 0 Å². The maximum atomic E-state index is 13.4. The van der Waals surface area contributed by atoms with Crippen molar-refractivity contribution in [1.29, 1.82) is 0 Å². The zero-order valence-corrected chi connectivity index (χ0v) is 16.0. The van der Waals surface area contributed by atoms with Crippen molar-refractivity contribution in [3.63, 3.8) is 0 Å². The summed E-state index contributed by atoms with van der Waals surface area (Å²) in [5.41, 5.74) is 1.75. The minimum Gasteiger partial charge on any atom is -0.334 e. The van der Waals surface area contributed by atoms with Crippen LogP contribution in [0.3, 0.4) is 0 Å². The molecule has 0 spiro atoms. The molecule has 4 nitrogen and oxygen atoms in total. The van der Waals surface area contributed by atoms with E-state index in [4.69, 9.17) is 0 Å². The Labute approximate surface area is 162 Å². The number of hydrogen-bond acceptors (Lipinski definition) is 2. The molecule has 0 N–H and O–H groups in total. The average Bonchev–Trinajstić information content (AvgIpc) is 3.26. The zero-order valence-electron chi connectivity index (χ0n) is 16.0. The molecule has 2 heterocycles. The number of aryl methyl sites for hydroxylation is 1. The van der Waals surface area contributed by atoms with Gasteiger partial charge in [-0.2, -0.15) is 18.3 Å². The molecule has 7 heteroatoms. The highest BCUT2D eigenvalue weighted by molar-refractivity contribution is 5.77. The largest absolute Gasteiger partial charge is 0.433 e.